The van der Waals surface area contributed by atoms with Crippen molar-refractivity contribution in [1.29, 1.82) is 0 Å². The Balaban J connectivity index is 3.01. The van der Waals surface area contributed by atoms with E-state index >= 15 is 0 Å². The first-order chi connectivity index (χ1) is 9.51. The van der Waals surface area contributed by atoms with Gasteiger partial charge in [0, 0.05) is 6.54 Å². The van der Waals surface area contributed by atoms with Gasteiger partial charge in [0.1, 0.15) is 9.77 Å². The maximum Gasteiger partial charge on any atom is 0.348 e. The lowest BCUT2D eigenvalue weighted by Crippen LogP contribution is -2.38. The van der Waals surface area contributed by atoms with Gasteiger partial charge in [-0.1, -0.05) is 0 Å². The Morgan fingerprint density at radius 2 is 2.05 bits per heavy atom. The van der Waals surface area contributed by atoms with Gasteiger partial charge < -0.3 is 9.84 Å². The smallest absolute Gasteiger partial charge is 0.348 e. The van der Waals surface area contributed by atoms with E-state index in [1.54, 1.807) is 0 Å². The molecule has 1 aromatic heterocycles. The van der Waals surface area contributed by atoms with Crippen LogP contribution >= 0.6 is 27.3 Å². The van der Waals surface area contributed by atoms with Gasteiger partial charge in [-0.2, -0.15) is 0 Å². The van der Waals surface area contributed by atoms with Crippen LogP contribution in [0.25, 0.3) is 0 Å². The molecule has 0 aromatic carbocycles. The summed E-state index contributed by atoms with van der Waals surface area (Å²) in [6, 6.07) is 1.18. The summed E-state index contributed by atoms with van der Waals surface area (Å²) in [5.74, 6) is -1.77. The number of ether oxygens (including phenoxy) is 1. The van der Waals surface area contributed by atoms with Gasteiger partial charge in [0.15, 0.2) is 0 Å². The van der Waals surface area contributed by atoms with Crippen LogP contribution in [0.4, 0.5) is 0 Å². The maximum atomic E-state index is 12.2. The van der Waals surface area contributed by atoms with E-state index < -0.39 is 27.4 Å². The quantitative estimate of drug-likeness (QED) is 0.704. The summed E-state index contributed by atoms with van der Waals surface area (Å²) in [4.78, 5) is 22.4. The lowest BCUT2D eigenvalue weighted by atomic mass is 9.95. The fraction of sp³-hybridized carbons (Fsp3) is 0.455. The number of methoxy groups -OCH3 is 1. The highest BCUT2D eigenvalue weighted by Crippen LogP contribution is 2.32. The summed E-state index contributed by atoms with van der Waals surface area (Å²) in [7, 11) is -2.74. The highest BCUT2D eigenvalue weighted by Gasteiger charge is 2.31. The molecule has 0 bridgehead atoms. The van der Waals surface area contributed by atoms with Crippen LogP contribution < -0.4 is 4.72 Å². The van der Waals surface area contributed by atoms with Gasteiger partial charge in [0.2, 0.25) is 10.0 Å². The summed E-state index contributed by atoms with van der Waals surface area (Å²) < 4.78 is 31.3. The molecular formula is C11H14BrNO6S2. The average Bonchev–Trinajstić information content (AvgIpc) is 2.78. The minimum atomic E-state index is -3.94. The molecule has 0 aliphatic rings. The van der Waals surface area contributed by atoms with Crippen molar-refractivity contribution in [2.45, 2.75) is 18.7 Å². The van der Waals surface area contributed by atoms with E-state index in [2.05, 4.69) is 25.4 Å². The molecule has 0 atom stereocenters. The number of halogens is 1. The minimum absolute atomic E-state index is 0.127. The van der Waals surface area contributed by atoms with Crippen LogP contribution in [0.3, 0.4) is 0 Å². The molecule has 0 aliphatic heterocycles. The Bertz CT molecular complexity index is 664. The number of carbonyl (C=O) groups excluding carboxylic acids is 1. The van der Waals surface area contributed by atoms with Crippen LogP contribution in [0.1, 0.15) is 23.5 Å². The van der Waals surface area contributed by atoms with Crippen LogP contribution in [-0.2, 0) is 19.6 Å². The predicted octanol–water partition coefficient (Wildman–Crippen LogP) is 1.69. The first kappa shape index (κ1) is 18.1. The van der Waals surface area contributed by atoms with Crippen LogP contribution in [0.2, 0.25) is 0 Å². The molecule has 0 fully saturated rings. The first-order valence-corrected chi connectivity index (χ1v) is 8.71. The van der Waals surface area contributed by atoms with E-state index in [9.17, 15) is 18.0 Å². The van der Waals surface area contributed by atoms with Crippen molar-refractivity contribution in [2.75, 3.05) is 13.7 Å². The third-order valence-electron chi connectivity index (χ3n) is 2.61. The molecule has 10 heteroatoms. The summed E-state index contributed by atoms with van der Waals surface area (Å²) in [5.41, 5.74) is -1.25. The van der Waals surface area contributed by atoms with Gasteiger partial charge in [0.25, 0.3) is 0 Å². The maximum absolute atomic E-state index is 12.2. The predicted molar refractivity (Wildman–Crippen MR) is 80.0 cm³/mol. The van der Waals surface area contributed by atoms with E-state index in [1.807, 2.05) is 0 Å². The third-order valence-corrected chi connectivity index (χ3v) is 6.25. The number of thiophene rings is 1. The van der Waals surface area contributed by atoms with E-state index in [4.69, 9.17) is 5.11 Å². The zero-order valence-corrected chi connectivity index (χ0v) is 14.7. The Kier molecular flexibility index (Phi) is 5.53. The van der Waals surface area contributed by atoms with Crippen LogP contribution in [0.5, 0.6) is 0 Å². The number of aliphatic carboxylic acids is 1. The van der Waals surface area contributed by atoms with Gasteiger partial charge in [-0.15, -0.1) is 11.3 Å². The monoisotopic (exact) mass is 399 g/mol. The lowest BCUT2D eigenvalue weighted by Gasteiger charge is -2.19. The van der Waals surface area contributed by atoms with Gasteiger partial charge in [-0.3, -0.25) is 4.79 Å². The van der Waals surface area contributed by atoms with Crippen molar-refractivity contribution in [3.8, 4) is 0 Å². The number of esters is 1. The number of sulfonamides is 1. The van der Waals surface area contributed by atoms with Crippen LogP contribution in [0.15, 0.2) is 14.7 Å². The lowest BCUT2D eigenvalue weighted by molar-refractivity contribution is -0.146. The second kappa shape index (κ2) is 6.42. The molecule has 0 saturated heterocycles. The number of hydrogen-bond donors (Lipinski definition) is 2. The van der Waals surface area contributed by atoms with Crippen molar-refractivity contribution in [3.63, 3.8) is 0 Å². The summed E-state index contributed by atoms with van der Waals surface area (Å²) >= 11 is 4.00. The molecule has 0 amide bonds. The van der Waals surface area contributed by atoms with Crippen molar-refractivity contribution >= 4 is 49.2 Å². The topological polar surface area (TPSA) is 110 Å². The fourth-order valence-electron chi connectivity index (χ4n) is 1.17. The van der Waals surface area contributed by atoms with Gasteiger partial charge in [0.05, 0.1) is 16.3 Å². The summed E-state index contributed by atoms with van der Waals surface area (Å²) in [6.45, 7) is 2.53. The first-order valence-electron chi connectivity index (χ1n) is 5.62. The number of carboxylic acid groups (broad SMARTS) is 1. The highest BCUT2D eigenvalue weighted by molar-refractivity contribution is 9.11. The molecule has 1 aromatic rings. The molecule has 7 nitrogen and oxygen atoms in total. The SMILES string of the molecule is COC(=O)c1cc(S(=O)(=O)NCC(C)(C)C(=O)O)c(Br)s1. The second-order valence-corrected chi connectivity index (χ2v) is 8.86. The molecule has 0 radical (unpaired) electrons. The Labute approximate surface area is 134 Å². The van der Waals surface area contributed by atoms with Gasteiger partial charge in [-0.25, -0.2) is 17.9 Å². The normalized spacial score (nSPS) is 12.2. The van der Waals surface area contributed by atoms with E-state index in [-0.39, 0.29) is 20.1 Å². The number of carboxylic acids is 1. The Morgan fingerprint density at radius 3 is 2.52 bits per heavy atom. The Hall–Kier alpha value is -0.970. The standard InChI is InChI=1S/C11H14BrNO6S2/c1-11(2,10(15)16)5-13-21(17,18)7-4-6(9(14)19-3)20-8(7)12/h4,13H,5H2,1-3H3,(H,15,16). The molecular weight excluding hydrogens is 386 g/mol. The highest BCUT2D eigenvalue weighted by atomic mass is 79.9. The molecule has 1 heterocycles. The molecule has 2 N–H and O–H groups in total. The molecule has 0 unspecified atom stereocenters. The fourth-order valence-corrected chi connectivity index (χ4v) is 4.86. The van der Waals surface area contributed by atoms with E-state index in [0.29, 0.717) is 0 Å². The van der Waals surface area contributed by atoms with E-state index in [0.717, 1.165) is 11.3 Å². The molecule has 21 heavy (non-hydrogen) atoms. The van der Waals surface area contributed by atoms with Crippen molar-refractivity contribution < 1.29 is 27.9 Å². The van der Waals surface area contributed by atoms with Crippen molar-refractivity contribution in [2.24, 2.45) is 5.41 Å². The van der Waals surface area contributed by atoms with Gasteiger partial charge in [-0.05, 0) is 35.8 Å². The zero-order chi connectivity index (χ0) is 16.4. The number of nitrogens with one attached hydrogen (secondary N) is 1. The zero-order valence-electron chi connectivity index (χ0n) is 11.5. The largest absolute Gasteiger partial charge is 0.481 e. The molecule has 0 spiro atoms. The molecule has 0 aliphatic carbocycles. The summed E-state index contributed by atoms with van der Waals surface area (Å²) in [6.07, 6.45) is 0. The van der Waals surface area contributed by atoms with Crippen molar-refractivity contribution in [3.05, 3.63) is 14.7 Å². The molecule has 1 rings (SSSR count). The second-order valence-electron chi connectivity index (χ2n) is 4.75. The number of rotatable bonds is 6. The third kappa shape index (κ3) is 4.25. The van der Waals surface area contributed by atoms with E-state index in [1.165, 1.54) is 27.0 Å². The minimum Gasteiger partial charge on any atom is -0.481 e. The number of hydrogen-bond acceptors (Lipinski definition) is 6. The van der Waals surface area contributed by atoms with Crippen molar-refractivity contribution in [1.82, 2.24) is 4.72 Å². The summed E-state index contributed by atoms with van der Waals surface area (Å²) in [5, 5.41) is 8.97. The Morgan fingerprint density at radius 1 is 1.48 bits per heavy atom. The number of carbonyl (C=O) groups is 2. The van der Waals surface area contributed by atoms with Crippen LogP contribution in [0, 0.1) is 5.41 Å². The molecule has 0 saturated carbocycles. The average molecular weight is 400 g/mol. The van der Waals surface area contributed by atoms with Gasteiger partial charge >= 0.3 is 11.9 Å². The molecule has 118 valence electrons. The van der Waals surface area contributed by atoms with Crippen LogP contribution in [-0.4, -0.2) is 39.1 Å².